The predicted molar refractivity (Wildman–Crippen MR) is 254 cm³/mol. The van der Waals surface area contributed by atoms with E-state index in [1.165, 1.54) is 44.5 Å². The maximum atomic E-state index is 14.7. The van der Waals surface area contributed by atoms with Gasteiger partial charge in [0.05, 0.1) is 11.0 Å². The van der Waals surface area contributed by atoms with Crippen LogP contribution >= 0.6 is 0 Å². The van der Waals surface area contributed by atoms with E-state index in [9.17, 15) is 4.39 Å². The third-order valence-corrected chi connectivity index (χ3v) is 12.7. The van der Waals surface area contributed by atoms with Gasteiger partial charge < -0.3 is 9.47 Å². The Balaban J connectivity index is 0.922. The molecule has 0 amide bonds. The minimum atomic E-state index is -0.238. The average Bonchev–Trinajstić information content (AvgIpc) is 3.74. The Morgan fingerprint density at radius 2 is 0.951 bits per heavy atom. The molecule has 61 heavy (non-hydrogen) atoms. The van der Waals surface area contributed by atoms with Crippen LogP contribution in [-0.4, -0.2) is 4.57 Å². The Morgan fingerprint density at radius 1 is 0.410 bits per heavy atom. The van der Waals surface area contributed by atoms with Crippen LogP contribution in [0.5, 0.6) is 0 Å². The van der Waals surface area contributed by atoms with Crippen molar-refractivity contribution in [2.24, 2.45) is 0 Å². The van der Waals surface area contributed by atoms with Crippen LogP contribution in [0.25, 0.3) is 72.0 Å². The maximum Gasteiger partial charge on any atom is 0.123 e. The quantitative estimate of drug-likeness (QED) is 0.156. The zero-order valence-electron chi connectivity index (χ0n) is 34.4. The summed E-state index contributed by atoms with van der Waals surface area (Å²) < 4.78 is 16.9. The molecule has 292 valence electrons. The van der Waals surface area contributed by atoms with Crippen molar-refractivity contribution in [2.45, 2.75) is 26.2 Å². The number of anilines is 3. The summed E-state index contributed by atoms with van der Waals surface area (Å²) in [6.07, 6.45) is 0. The fraction of sp³-hybridized carbons (Fsp3) is 0.0690. The van der Waals surface area contributed by atoms with E-state index >= 15 is 0 Å². The molecular weight excluding hydrogens is 744 g/mol. The predicted octanol–water partition coefficient (Wildman–Crippen LogP) is 16.0. The number of fused-ring (bicyclic) bond motifs is 6. The Morgan fingerprint density at radius 3 is 1.67 bits per heavy atom. The van der Waals surface area contributed by atoms with E-state index in [0.717, 1.165) is 61.2 Å². The van der Waals surface area contributed by atoms with Crippen LogP contribution in [0.15, 0.2) is 206 Å². The van der Waals surface area contributed by atoms with E-state index in [4.69, 9.17) is 0 Å². The van der Waals surface area contributed by atoms with E-state index in [-0.39, 0.29) is 11.2 Å². The highest BCUT2D eigenvalue weighted by Gasteiger charge is 2.35. The molecule has 2 nitrogen and oxygen atoms in total. The number of halogens is 1. The summed E-state index contributed by atoms with van der Waals surface area (Å²) in [4.78, 5) is 2.32. The summed E-state index contributed by atoms with van der Waals surface area (Å²) in [5.41, 5.74) is 19.9. The number of hydrogen-bond acceptors (Lipinski definition) is 1. The minimum absolute atomic E-state index is 0.0342. The van der Waals surface area contributed by atoms with Gasteiger partial charge in [0, 0.05) is 38.9 Å². The minimum Gasteiger partial charge on any atom is -0.310 e. The van der Waals surface area contributed by atoms with E-state index in [1.54, 1.807) is 12.1 Å². The van der Waals surface area contributed by atoms with Gasteiger partial charge in [0.1, 0.15) is 5.82 Å². The van der Waals surface area contributed by atoms with Gasteiger partial charge in [-0.3, -0.25) is 0 Å². The standard InChI is InChI=1S/C58H43FN2/c1-38-16-27-47(28-17-38)60(48-29-22-41(23-30-48)43-25-32-56-52(35-43)53-37-45(59)26-33-57(53)61(56)46-11-5-4-6-12-46)49-13-9-10-42(34-49)39-18-20-40(21-19-39)44-24-31-51-50-14-7-8-15-54(50)58(2,3)55(51)36-44/h4-37H,1-3H3. The van der Waals surface area contributed by atoms with Crippen LogP contribution in [0, 0.1) is 12.7 Å². The van der Waals surface area contributed by atoms with Gasteiger partial charge in [0.25, 0.3) is 0 Å². The van der Waals surface area contributed by atoms with Crippen molar-refractivity contribution in [1.29, 1.82) is 0 Å². The van der Waals surface area contributed by atoms with Crippen LogP contribution in [0.2, 0.25) is 0 Å². The summed E-state index contributed by atoms with van der Waals surface area (Å²) in [5.74, 6) is -0.238. The first kappa shape index (κ1) is 36.6. The average molecular weight is 787 g/mol. The molecule has 0 fully saturated rings. The molecule has 1 aromatic heterocycles. The topological polar surface area (TPSA) is 8.17 Å². The Bertz CT molecular complexity index is 3270. The molecule has 1 heterocycles. The van der Waals surface area contributed by atoms with E-state index in [1.807, 2.05) is 24.3 Å². The van der Waals surface area contributed by atoms with Gasteiger partial charge in [0.15, 0.2) is 0 Å². The number of aryl methyl sites for hydroxylation is 1. The van der Waals surface area contributed by atoms with E-state index in [2.05, 4.69) is 200 Å². The molecule has 0 radical (unpaired) electrons. The molecule has 11 rings (SSSR count). The smallest absolute Gasteiger partial charge is 0.123 e. The van der Waals surface area contributed by atoms with Crippen molar-refractivity contribution in [3.8, 4) is 50.2 Å². The van der Waals surface area contributed by atoms with Gasteiger partial charge in [-0.15, -0.1) is 0 Å². The molecule has 0 N–H and O–H groups in total. The molecule has 0 saturated carbocycles. The molecule has 1 aliphatic carbocycles. The molecule has 0 unspecified atom stereocenters. The van der Waals surface area contributed by atoms with Crippen LogP contribution in [-0.2, 0) is 5.41 Å². The highest BCUT2D eigenvalue weighted by atomic mass is 19.1. The molecule has 10 aromatic rings. The highest BCUT2D eigenvalue weighted by molar-refractivity contribution is 6.10. The first-order valence-electron chi connectivity index (χ1n) is 21.0. The van der Waals surface area contributed by atoms with E-state index in [0.29, 0.717) is 0 Å². The van der Waals surface area contributed by atoms with Gasteiger partial charge in [0.2, 0.25) is 0 Å². The van der Waals surface area contributed by atoms with Gasteiger partial charge in [-0.1, -0.05) is 141 Å². The summed E-state index contributed by atoms with van der Waals surface area (Å²) in [5, 5.41) is 1.92. The molecule has 0 spiro atoms. The molecule has 9 aromatic carbocycles. The largest absolute Gasteiger partial charge is 0.310 e. The lowest BCUT2D eigenvalue weighted by Crippen LogP contribution is -2.14. The van der Waals surface area contributed by atoms with Crippen molar-refractivity contribution in [3.05, 3.63) is 229 Å². The fourth-order valence-electron chi connectivity index (χ4n) is 9.54. The summed E-state index contributed by atoms with van der Waals surface area (Å²) in [7, 11) is 0. The monoisotopic (exact) mass is 786 g/mol. The van der Waals surface area contributed by atoms with Crippen molar-refractivity contribution in [2.75, 3.05) is 4.90 Å². The van der Waals surface area contributed by atoms with Gasteiger partial charge in [-0.05, 0) is 147 Å². The third-order valence-electron chi connectivity index (χ3n) is 12.7. The summed E-state index contributed by atoms with van der Waals surface area (Å²) >= 11 is 0. The first-order valence-corrected chi connectivity index (χ1v) is 21.0. The summed E-state index contributed by atoms with van der Waals surface area (Å²) in [6, 6.07) is 73.0. The normalized spacial score (nSPS) is 12.7. The molecule has 0 bridgehead atoms. The van der Waals surface area contributed by atoms with Gasteiger partial charge in [-0.2, -0.15) is 0 Å². The van der Waals surface area contributed by atoms with Gasteiger partial charge >= 0.3 is 0 Å². The lowest BCUT2D eigenvalue weighted by Gasteiger charge is -2.26. The third kappa shape index (κ3) is 6.24. The van der Waals surface area contributed by atoms with Gasteiger partial charge in [-0.25, -0.2) is 4.39 Å². The van der Waals surface area contributed by atoms with Crippen molar-refractivity contribution < 1.29 is 4.39 Å². The number of benzene rings is 9. The highest BCUT2D eigenvalue weighted by Crippen LogP contribution is 2.49. The fourth-order valence-corrected chi connectivity index (χ4v) is 9.54. The molecule has 3 heteroatoms. The number of aromatic nitrogens is 1. The van der Waals surface area contributed by atoms with Crippen LogP contribution in [0.4, 0.5) is 21.5 Å². The van der Waals surface area contributed by atoms with Crippen LogP contribution < -0.4 is 4.90 Å². The first-order chi connectivity index (χ1) is 29.8. The molecule has 0 aliphatic heterocycles. The second kappa shape index (κ2) is 14.4. The second-order valence-corrected chi connectivity index (χ2v) is 16.8. The molecular formula is C58H43FN2. The van der Waals surface area contributed by atoms with Crippen molar-refractivity contribution >= 4 is 38.9 Å². The SMILES string of the molecule is Cc1ccc(N(c2ccc(-c3ccc4c(c3)c3cc(F)ccc3n4-c3ccccc3)cc2)c2cccc(-c3ccc(-c4ccc5c(c4)C(C)(C)c4ccccc4-5)cc3)c2)cc1. The number of para-hydroxylation sites is 1. The number of rotatable bonds is 7. The zero-order valence-corrected chi connectivity index (χ0v) is 34.4. The number of hydrogen-bond donors (Lipinski definition) is 0. The molecule has 1 aliphatic rings. The van der Waals surface area contributed by atoms with Crippen LogP contribution in [0.1, 0.15) is 30.5 Å². The summed E-state index contributed by atoms with van der Waals surface area (Å²) in [6.45, 7) is 6.80. The Hall–Kier alpha value is -7.49. The molecule has 0 saturated heterocycles. The lowest BCUT2D eigenvalue weighted by atomic mass is 9.81. The van der Waals surface area contributed by atoms with Crippen LogP contribution in [0.3, 0.4) is 0 Å². The van der Waals surface area contributed by atoms with E-state index < -0.39 is 0 Å². The second-order valence-electron chi connectivity index (χ2n) is 16.8. The van der Waals surface area contributed by atoms with Crippen molar-refractivity contribution in [1.82, 2.24) is 4.57 Å². The molecule has 0 atom stereocenters. The number of nitrogens with zero attached hydrogens (tertiary/aromatic N) is 2. The Kier molecular flexibility index (Phi) is 8.61. The zero-order chi connectivity index (χ0) is 41.2. The lowest BCUT2D eigenvalue weighted by molar-refractivity contribution is 0.629. The van der Waals surface area contributed by atoms with Crippen molar-refractivity contribution in [3.63, 3.8) is 0 Å². The Labute approximate surface area is 356 Å². The maximum absolute atomic E-state index is 14.7.